The average molecular weight is 276 g/mol. The number of carbonyl (C=O) groups is 1. The highest BCUT2D eigenvalue weighted by molar-refractivity contribution is 5.93. The van der Waals surface area contributed by atoms with E-state index < -0.39 is 0 Å². The third-order valence-electron chi connectivity index (χ3n) is 3.99. The standard InChI is InChI=1S/C16H24N2O2/c1-17-16(20)13-9-7-12(8-10-13)11-18-14-5-3-2-4-6-15(14)19/h7-10,14-15,18-19H,2-6,11H2,1H3,(H,17,20). The fraction of sp³-hybridized carbons (Fsp3) is 0.562. The maximum absolute atomic E-state index is 11.5. The van der Waals surface area contributed by atoms with Crippen LogP contribution in [0.4, 0.5) is 0 Å². The van der Waals surface area contributed by atoms with E-state index in [2.05, 4.69) is 10.6 Å². The smallest absolute Gasteiger partial charge is 0.251 e. The molecule has 4 nitrogen and oxygen atoms in total. The molecule has 4 heteroatoms. The molecule has 20 heavy (non-hydrogen) atoms. The molecule has 2 unspecified atom stereocenters. The first kappa shape index (κ1) is 15.0. The SMILES string of the molecule is CNC(=O)c1ccc(CNC2CCCCCC2O)cc1. The summed E-state index contributed by atoms with van der Waals surface area (Å²) in [5.41, 5.74) is 1.81. The maximum Gasteiger partial charge on any atom is 0.251 e. The molecule has 1 amide bonds. The van der Waals surface area contributed by atoms with Crippen molar-refractivity contribution in [1.82, 2.24) is 10.6 Å². The van der Waals surface area contributed by atoms with Gasteiger partial charge in [0.15, 0.2) is 0 Å². The fourth-order valence-corrected chi connectivity index (χ4v) is 2.69. The van der Waals surface area contributed by atoms with E-state index in [4.69, 9.17) is 0 Å². The number of amides is 1. The minimum atomic E-state index is -0.234. The van der Waals surface area contributed by atoms with Gasteiger partial charge in [0, 0.05) is 25.2 Å². The summed E-state index contributed by atoms with van der Waals surface area (Å²) in [5.74, 6) is -0.0660. The molecule has 0 radical (unpaired) electrons. The minimum Gasteiger partial charge on any atom is -0.392 e. The molecular formula is C16H24N2O2. The maximum atomic E-state index is 11.5. The summed E-state index contributed by atoms with van der Waals surface area (Å²) in [4.78, 5) is 11.5. The third kappa shape index (κ3) is 4.05. The van der Waals surface area contributed by atoms with E-state index in [1.54, 1.807) is 7.05 Å². The molecule has 0 aliphatic heterocycles. The molecule has 0 bridgehead atoms. The molecule has 1 saturated carbocycles. The predicted molar refractivity (Wildman–Crippen MR) is 79.6 cm³/mol. The van der Waals surface area contributed by atoms with E-state index in [0.717, 1.165) is 31.4 Å². The molecule has 1 aliphatic rings. The van der Waals surface area contributed by atoms with Gasteiger partial charge in [0.2, 0.25) is 0 Å². The first-order valence-corrected chi connectivity index (χ1v) is 7.43. The van der Waals surface area contributed by atoms with E-state index >= 15 is 0 Å². The first-order valence-electron chi connectivity index (χ1n) is 7.43. The molecular weight excluding hydrogens is 252 g/mol. The number of hydrogen-bond donors (Lipinski definition) is 3. The van der Waals surface area contributed by atoms with E-state index in [-0.39, 0.29) is 18.1 Å². The molecule has 2 rings (SSSR count). The lowest BCUT2D eigenvalue weighted by Gasteiger charge is -2.21. The van der Waals surface area contributed by atoms with Gasteiger partial charge in [-0.2, -0.15) is 0 Å². The Morgan fingerprint density at radius 1 is 1.20 bits per heavy atom. The molecule has 1 fully saturated rings. The van der Waals surface area contributed by atoms with Gasteiger partial charge in [-0.05, 0) is 30.5 Å². The number of carbonyl (C=O) groups excluding carboxylic acids is 1. The second kappa shape index (κ2) is 7.41. The summed E-state index contributed by atoms with van der Waals surface area (Å²) < 4.78 is 0. The van der Waals surface area contributed by atoms with E-state index in [1.807, 2.05) is 24.3 Å². The molecule has 2 atom stereocenters. The zero-order valence-corrected chi connectivity index (χ0v) is 12.1. The largest absolute Gasteiger partial charge is 0.392 e. The second-order valence-electron chi connectivity index (χ2n) is 5.47. The quantitative estimate of drug-likeness (QED) is 0.735. The van der Waals surface area contributed by atoms with Crippen LogP contribution >= 0.6 is 0 Å². The molecule has 0 heterocycles. The normalized spacial score (nSPS) is 23.1. The fourth-order valence-electron chi connectivity index (χ4n) is 2.69. The van der Waals surface area contributed by atoms with Gasteiger partial charge in [-0.25, -0.2) is 0 Å². The number of benzene rings is 1. The number of nitrogens with one attached hydrogen (secondary N) is 2. The van der Waals surface area contributed by atoms with Crippen LogP contribution in [0.1, 0.15) is 48.0 Å². The van der Waals surface area contributed by atoms with Crippen LogP contribution < -0.4 is 10.6 Å². The van der Waals surface area contributed by atoms with Crippen LogP contribution in [0, 0.1) is 0 Å². The molecule has 0 spiro atoms. The van der Waals surface area contributed by atoms with E-state index in [1.165, 1.54) is 12.8 Å². The van der Waals surface area contributed by atoms with Gasteiger partial charge in [0.25, 0.3) is 5.91 Å². The predicted octanol–water partition coefficient (Wildman–Crippen LogP) is 1.83. The van der Waals surface area contributed by atoms with Gasteiger partial charge in [-0.1, -0.05) is 31.4 Å². The van der Waals surface area contributed by atoms with Gasteiger partial charge < -0.3 is 15.7 Å². The third-order valence-corrected chi connectivity index (χ3v) is 3.99. The monoisotopic (exact) mass is 276 g/mol. The number of rotatable bonds is 4. The Bertz CT molecular complexity index is 431. The van der Waals surface area contributed by atoms with Crippen LogP contribution in [0.3, 0.4) is 0 Å². The van der Waals surface area contributed by atoms with Crippen molar-refractivity contribution in [1.29, 1.82) is 0 Å². The molecule has 110 valence electrons. The number of hydrogen-bond acceptors (Lipinski definition) is 3. The van der Waals surface area contributed by atoms with Crippen molar-refractivity contribution < 1.29 is 9.90 Å². The second-order valence-corrected chi connectivity index (χ2v) is 5.47. The van der Waals surface area contributed by atoms with Crippen molar-refractivity contribution in [2.24, 2.45) is 0 Å². The Hall–Kier alpha value is -1.39. The first-order chi connectivity index (χ1) is 9.70. The van der Waals surface area contributed by atoms with Crippen LogP contribution in [0.15, 0.2) is 24.3 Å². The van der Waals surface area contributed by atoms with Crippen molar-refractivity contribution in [3.63, 3.8) is 0 Å². The van der Waals surface area contributed by atoms with Crippen molar-refractivity contribution in [3.8, 4) is 0 Å². The average Bonchev–Trinajstić information content (AvgIpc) is 2.69. The zero-order valence-electron chi connectivity index (χ0n) is 12.1. The highest BCUT2D eigenvalue weighted by Gasteiger charge is 2.20. The summed E-state index contributed by atoms with van der Waals surface area (Å²) in [6.45, 7) is 0.732. The number of aliphatic hydroxyl groups excluding tert-OH is 1. The lowest BCUT2D eigenvalue weighted by atomic mass is 10.1. The summed E-state index contributed by atoms with van der Waals surface area (Å²) in [6, 6.07) is 7.77. The lowest BCUT2D eigenvalue weighted by molar-refractivity contribution is 0.0963. The van der Waals surface area contributed by atoms with Crippen LogP contribution in [-0.4, -0.2) is 30.2 Å². The minimum absolute atomic E-state index is 0.0660. The topological polar surface area (TPSA) is 61.4 Å². The Morgan fingerprint density at radius 3 is 2.60 bits per heavy atom. The summed E-state index contributed by atoms with van der Waals surface area (Å²) in [6.07, 6.45) is 5.23. The lowest BCUT2D eigenvalue weighted by Crippen LogP contribution is -2.38. The Morgan fingerprint density at radius 2 is 1.90 bits per heavy atom. The molecule has 1 aliphatic carbocycles. The van der Waals surface area contributed by atoms with Crippen molar-refractivity contribution >= 4 is 5.91 Å². The van der Waals surface area contributed by atoms with Crippen molar-refractivity contribution in [3.05, 3.63) is 35.4 Å². The molecule has 1 aromatic carbocycles. The molecule has 0 saturated heterocycles. The van der Waals surface area contributed by atoms with Gasteiger partial charge in [0.05, 0.1) is 6.10 Å². The van der Waals surface area contributed by atoms with Crippen LogP contribution in [0.2, 0.25) is 0 Å². The highest BCUT2D eigenvalue weighted by Crippen LogP contribution is 2.18. The molecule has 3 N–H and O–H groups in total. The van der Waals surface area contributed by atoms with Gasteiger partial charge in [-0.15, -0.1) is 0 Å². The summed E-state index contributed by atoms with van der Waals surface area (Å²) >= 11 is 0. The van der Waals surface area contributed by atoms with Crippen LogP contribution in [-0.2, 0) is 6.54 Å². The molecule has 1 aromatic rings. The van der Waals surface area contributed by atoms with Crippen molar-refractivity contribution in [2.45, 2.75) is 50.8 Å². The molecule has 0 aromatic heterocycles. The van der Waals surface area contributed by atoms with E-state index in [0.29, 0.717) is 5.56 Å². The number of aliphatic hydroxyl groups is 1. The van der Waals surface area contributed by atoms with Crippen LogP contribution in [0.25, 0.3) is 0 Å². The van der Waals surface area contributed by atoms with Gasteiger partial charge in [0.1, 0.15) is 0 Å². The Balaban J connectivity index is 1.88. The highest BCUT2D eigenvalue weighted by atomic mass is 16.3. The zero-order chi connectivity index (χ0) is 14.4. The van der Waals surface area contributed by atoms with E-state index in [9.17, 15) is 9.90 Å². The summed E-state index contributed by atoms with van der Waals surface area (Å²) in [7, 11) is 1.63. The Kier molecular flexibility index (Phi) is 5.56. The van der Waals surface area contributed by atoms with Crippen LogP contribution in [0.5, 0.6) is 0 Å². The summed E-state index contributed by atoms with van der Waals surface area (Å²) in [5, 5.41) is 16.1. The van der Waals surface area contributed by atoms with Crippen molar-refractivity contribution in [2.75, 3.05) is 7.05 Å². The van der Waals surface area contributed by atoms with Gasteiger partial charge in [-0.3, -0.25) is 4.79 Å². The Labute approximate surface area is 120 Å². The van der Waals surface area contributed by atoms with Gasteiger partial charge >= 0.3 is 0 Å².